The molecule has 0 aliphatic carbocycles. The van der Waals surface area contributed by atoms with E-state index in [9.17, 15) is 23.7 Å². The van der Waals surface area contributed by atoms with E-state index >= 15 is 0 Å². The molecular weight excluding hydrogens is 1000 g/mol. The van der Waals surface area contributed by atoms with E-state index in [4.69, 9.17) is 9.72 Å². The van der Waals surface area contributed by atoms with Gasteiger partial charge in [-0.2, -0.15) is 10.1 Å². The van der Waals surface area contributed by atoms with Crippen LogP contribution in [0.3, 0.4) is 0 Å². The zero-order valence-corrected chi connectivity index (χ0v) is 43.0. The number of benzene rings is 3. The van der Waals surface area contributed by atoms with Gasteiger partial charge in [0.25, 0.3) is 11.8 Å². The summed E-state index contributed by atoms with van der Waals surface area (Å²) < 4.78 is 22.1. The minimum atomic E-state index is -2.81. The van der Waals surface area contributed by atoms with Crippen LogP contribution in [-0.2, 0) is 21.2 Å². The van der Waals surface area contributed by atoms with Crippen molar-refractivity contribution in [1.82, 2.24) is 49.7 Å². The van der Waals surface area contributed by atoms with Crippen molar-refractivity contribution < 1.29 is 28.5 Å². The number of ether oxygens (including phenoxy) is 1. The summed E-state index contributed by atoms with van der Waals surface area (Å²) >= 11 is 3.61. The highest BCUT2D eigenvalue weighted by Gasteiger charge is 2.45. The van der Waals surface area contributed by atoms with Crippen molar-refractivity contribution in [2.24, 2.45) is 7.05 Å². The smallest absolute Gasteiger partial charge is 0.264 e. The van der Waals surface area contributed by atoms with Gasteiger partial charge in [-0.05, 0) is 105 Å². The monoisotopic (exact) mass is 1060 g/mol. The zero-order chi connectivity index (χ0) is 50.3. The minimum Gasteiger partial charge on any atom is -0.494 e. The molecule has 20 nitrogen and oxygen atoms in total. The molecule has 4 N–H and O–H groups in total. The Kier molecular flexibility index (Phi) is 13.8. The molecule has 7 heterocycles. The van der Waals surface area contributed by atoms with Gasteiger partial charge in [0, 0.05) is 106 Å². The Morgan fingerprint density at radius 1 is 0.861 bits per heavy atom. The average Bonchev–Trinajstić information content (AvgIpc) is 3.92. The molecule has 1 unspecified atom stereocenters. The number of nitrogens with one attached hydrogen (secondary N) is 4. The van der Waals surface area contributed by atoms with Crippen molar-refractivity contribution in [3.8, 4) is 16.9 Å². The van der Waals surface area contributed by atoms with E-state index in [1.54, 1.807) is 61.9 Å². The van der Waals surface area contributed by atoms with Gasteiger partial charge in [-0.3, -0.25) is 48.9 Å². The summed E-state index contributed by atoms with van der Waals surface area (Å²) in [5, 5.41) is 17.5. The van der Waals surface area contributed by atoms with E-state index in [-0.39, 0.29) is 24.0 Å². The number of amides is 4. The maximum Gasteiger partial charge on any atom is 0.264 e. The van der Waals surface area contributed by atoms with Crippen LogP contribution in [0.4, 0.5) is 34.5 Å². The lowest BCUT2D eigenvalue weighted by molar-refractivity contribution is -0.136. The first-order valence-electron chi connectivity index (χ1n) is 24.1. The lowest BCUT2D eigenvalue weighted by Gasteiger charge is -2.43. The number of halogens is 1. The van der Waals surface area contributed by atoms with Crippen LogP contribution in [-0.4, -0.2) is 153 Å². The third-order valence-corrected chi connectivity index (χ3v) is 16.0. The molecule has 3 aromatic carbocycles. The summed E-state index contributed by atoms with van der Waals surface area (Å²) in [5.41, 5.74) is 6.66. The molecule has 4 aliphatic heterocycles. The number of fused-ring (bicyclic) bond motifs is 2. The Balaban J connectivity index is 0.757. The summed E-state index contributed by atoms with van der Waals surface area (Å²) in [5.74, 6) is -0.612. The van der Waals surface area contributed by atoms with Crippen LogP contribution in [0.2, 0.25) is 0 Å². The lowest BCUT2D eigenvalue weighted by Crippen LogP contribution is -2.54. The number of aryl methyl sites for hydroxylation is 1. The van der Waals surface area contributed by atoms with Gasteiger partial charge in [-0.15, -0.1) is 0 Å². The van der Waals surface area contributed by atoms with Crippen molar-refractivity contribution in [3.05, 3.63) is 89.0 Å². The molecule has 4 aliphatic rings. The van der Waals surface area contributed by atoms with E-state index in [1.165, 1.54) is 0 Å². The van der Waals surface area contributed by atoms with Gasteiger partial charge >= 0.3 is 0 Å². The van der Waals surface area contributed by atoms with Crippen LogP contribution in [0.25, 0.3) is 22.2 Å². The Labute approximate surface area is 424 Å². The van der Waals surface area contributed by atoms with E-state index in [0.29, 0.717) is 68.0 Å². The van der Waals surface area contributed by atoms with Crippen LogP contribution in [0.1, 0.15) is 52.8 Å². The minimum absolute atomic E-state index is 0.0776. The maximum absolute atomic E-state index is 13.6. The topological polar surface area (TPSA) is 225 Å². The van der Waals surface area contributed by atoms with Crippen molar-refractivity contribution in [2.75, 3.05) is 93.6 Å². The van der Waals surface area contributed by atoms with Gasteiger partial charge in [0.15, 0.2) is 0 Å². The number of aromatic nitrogens is 6. The van der Waals surface area contributed by atoms with Gasteiger partial charge in [0.1, 0.15) is 30.3 Å². The van der Waals surface area contributed by atoms with Gasteiger partial charge < -0.3 is 35.1 Å². The molecule has 10 rings (SSSR count). The number of rotatable bonds is 15. The van der Waals surface area contributed by atoms with Gasteiger partial charge in [0.05, 0.1) is 51.1 Å². The molecule has 1 atom stereocenters. The molecule has 0 bridgehead atoms. The largest absolute Gasteiger partial charge is 0.494 e. The number of nitrogens with zero attached hydrogens (tertiary/aromatic N) is 10. The fourth-order valence-corrected chi connectivity index (χ4v) is 12.0. The molecular formula is C50H56BrN14O6P. The predicted molar refractivity (Wildman–Crippen MR) is 280 cm³/mol. The lowest BCUT2D eigenvalue weighted by atomic mass is 10.0. The van der Waals surface area contributed by atoms with E-state index < -0.39 is 36.8 Å². The van der Waals surface area contributed by atoms with Gasteiger partial charge in [0.2, 0.25) is 17.8 Å². The Morgan fingerprint density at radius 3 is 2.39 bits per heavy atom. The number of piperidine rings is 2. The molecule has 72 heavy (non-hydrogen) atoms. The number of likely N-dealkylation sites (tertiary alicyclic amines) is 1. The third kappa shape index (κ3) is 9.89. The van der Waals surface area contributed by atoms with Gasteiger partial charge in [-0.1, -0.05) is 6.07 Å². The predicted octanol–water partition coefficient (Wildman–Crippen LogP) is 5.82. The third-order valence-electron chi connectivity index (χ3n) is 13.9. The number of hydrogen-bond acceptors (Lipinski definition) is 17. The van der Waals surface area contributed by atoms with Crippen LogP contribution in [0, 0.1) is 0 Å². The Hall–Kier alpha value is -6.80. The zero-order valence-electron chi connectivity index (χ0n) is 40.5. The molecule has 6 aromatic rings. The number of carbonyl (C=O) groups excluding carboxylic acids is 4. The summed E-state index contributed by atoms with van der Waals surface area (Å²) in [4.78, 5) is 78.0. The molecule has 374 valence electrons. The number of piperazine rings is 1. The van der Waals surface area contributed by atoms with Crippen LogP contribution in [0.5, 0.6) is 5.75 Å². The van der Waals surface area contributed by atoms with Crippen molar-refractivity contribution in [3.63, 3.8) is 0 Å². The highest BCUT2D eigenvalue weighted by molar-refractivity contribution is 9.10. The Morgan fingerprint density at radius 2 is 1.65 bits per heavy atom. The average molecular weight is 1060 g/mol. The highest BCUT2D eigenvalue weighted by Crippen LogP contribution is 2.43. The number of carbonyl (C=O) groups is 4. The first-order valence-corrected chi connectivity index (χ1v) is 27.5. The second-order valence-electron chi connectivity index (χ2n) is 18.9. The summed E-state index contributed by atoms with van der Waals surface area (Å²) in [6.07, 6.45) is 12.0. The van der Waals surface area contributed by atoms with E-state index in [0.717, 1.165) is 86.8 Å². The molecule has 3 fully saturated rings. The van der Waals surface area contributed by atoms with Crippen LogP contribution >= 0.6 is 23.1 Å². The quantitative estimate of drug-likeness (QED) is 0.0540. The second kappa shape index (κ2) is 20.4. The van der Waals surface area contributed by atoms with E-state index in [2.05, 4.69) is 84.1 Å². The maximum atomic E-state index is 13.6. The molecule has 3 aromatic heterocycles. The van der Waals surface area contributed by atoms with Crippen molar-refractivity contribution >= 4 is 97.6 Å². The second-order valence-corrected chi connectivity index (χ2v) is 22.9. The molecule has 0 radical (unpaired) electrons. The molecule has 0 spiro atoms. The number of anilines is 6. The Bertz CT molecular complexity index is 3150. The van der Waals surface area contributed by atoms with E-state index in [1.807, 2.05) is 31.6 Å². The summed E-state index contributed by atoms with van der Waals surface area (Å²) in [7, 11) is 0.748. The molecule has 22 heteroatoms. The first kappa shape index (κ1) is 48.8. The highest BCUT2D eigenvalue weighted by atomic mass is 79.9. The molecule has 3 saturated heterocycles. The fourth-order valence-electron chi connectivity index (χ4n) is 10.3. The SMILES string of the molecule is COc1cc(N2CCN(C3CCN(CCCNc4cccc5c4C(=O)N(C4CCC(=O)NC4=O)C5=O)CC3)CC2)c(-c2cnn(C)c2)cc1Nc1ncc(Br)c(Nc2ccc3nccnc3c2P(C)(C)=O)n1. The summed E-state index contributed by atoms with van der Waals surface area (Å²) in [6.45, 7) is 10.5. The first-order chi connectivity index (χ1) is 34.7. The number of imide groups is 2. The standard InChI is InChI=1S/C50H56BrN14O6P/c1-61-29-30(27-56-61)33-25-38(58-50-55-28-34(51)46(60-50)57-37-10-9-36-44(54-17-16-53-36)45(37)72(3,4)70)41(71-2)26-40(33)64-23-21-63(22-24-64)31-13-19-62(20-14-31)18-6-15-52-35-8-5-7-32-43(35)49(69)65(48(32)68)39-11-12-42(66)59-47(39)67/h5,7-10,16-17,25-29,31,39,52H,6,11-15,18-24H2,1-4H3,(H,59,66,67)(H2,55,57,58,60). The molecule has 4 amide bonds. The van der Waals surface area contributed by atoms with Crippen molar-refractivity contribution in [2.45, 2.75) is 44.2 Å². The fraction of sp³-hybridized carbons (Fsp3) is 0.380. The molecule has 0 saturated carbocycles. The summed E-state index contributed by atoms with van der Waals surface area (Å²) in [6, 6.07) is 12.5. The van der Waals surface area contributed by atoms with Crippen LogP contribution < -0.4 is 36.2 Å². The number of methoxy groups -OCH3 is 1. The van der Waals surface area contributed by atoms with Crippen molar-refractivity contribution in [1.29, 1.82) is 0 Å². The van der Waals surface area contributed by atoms with Gasteiger partial charge in [-0.25, -0.2) is 4.98 Å². The normalized spacial score (nSPS) is 18.2. The number of hydrogen-bond donors (Lipinski definition) is 4. The van der Waals surface area contributed by atoms with Crippen LogP contribution in [0.15, 0.2) is 77.9 Å².